The summed E-state index contributed by atoms with van der Waals surface area (Å²) >= 11 is 3.25. The monoisotopic (exact) mass is 542 g/mol. The first-order valence-electron chi connectivity index (χ1n) is 10.9. The predicted molar refractivity (Wildman–Crippen MR) is 129 cm³/mol. The number of carboxylic acid groups (broad SMARTS) is 1. The number of benzene rings is 2. The molecule has 0 spiro atoms. The SMILES string of the molecule is Cc1ccc(C2(C)NC(=O)N(CC(=O)NC3CCN(c4cc(Br)cc(C(=O)O)c4)C3=O)C2=O)cc1. The smallest absolute Gasteiger partial charge is 0.335 e. The zero-order chi connectivity index (χ0) is 25.5. The minimum Gasteiger partial charge on any atom is -0.478 e. The number of hydrogen-bond donors (Lipinski definition) is 3. The van der Waals surface area contributed by atoms with Gasteiger partial charge in [0.15, 0.2) is 0 Å². The van der Waals surface area contributed by atoms with E-state index < -0.39 is 47.8 Å². The molecule has 10 nitrogen and oxygen atoms in total. The number of hydrogen-bond acceptors (Lipinski definition) is 5. The highest BCUT2D eigenvalue weighted by molar-refractivity contribution is 9.10. The Hall–Kier alpha value is -3.73. The Morgan fingerprint density at radius 3 is 2.51 bits per heavy atom. The number of carbonyl (C=O) groups excluding carboxylic acids is 4. The molecule has 35 heavy (non-hydrogen) atoms. The first-order chi connectivity index (χ1) is 16.5. The van der Waals surface area contributed by atoms with Crippen molar-refractivity contribution in [3.05, 3.63) is 63.6 Å². The van der Waals surface area contributed by atoms with Crippen LogP contribution in [0.15, 0.2) is 46.9 Å². The Morgan fingerprint density at radius 2 is 1.86 bits per heavy atom. The number of amides is 5. The van der Waals surface area contributed by atoms with Crippen LogP contribution in [0.2, 0.25) is 0 Å². The predicted octanol–water partition coefficient (Wildman–Crippen LogP) is 2.14. The highest BCUT2D eigenvalue weighted by atomic mass is 79.9. The molecule has 4 rings (SSSR count). The number of carbonyl (C=O) groups is 5. The lowest BCUT2D eigenvalue weighted by Gasteiger charge is -2.22. The highest BCUT2D eigenvalue weighted by Gasteiger charge is 2.49. The molecule has 182 valence electrons. The fourth-order valence-electron chi connectivity index (χ4n) is 4.23. The van der Waals surface area contributed by atoms with Gasteiger partial charge in [0.05, 0.1) is 5.56 Å². The van der Waals surface area contributed by atoms with Gasteiger partial charge in [-0.25, -0.2) is 9.59 Å². The molecular weight excluding hydrogens is 520 g/mol. The minimum absolute atomic E-state index is 0.0184. The van der Waals surface area contributed by atoms with Crippen molar-refractivity contribution in [2.75, 3.05) is 18.0 Å². The van der Waals surface area contributed by atoms with Gasteiger partial charge in [-0.05, 0) is 44.0 Å². The second-order valence-electron chi connectivity index (χ2n) is 8.71. The van der Waals surface area contributed by atoms with Gasteiger partial charge in [-0.3, -0.25) is 19.3 Å². The van der Waals surface area contributed by atoms with Crippen molar-refractivity contribution in [2.24, 2.45) is 0 Å². The normalized spacial score (nSPS) is 21.9. The van der Waals surface area contributed by atoms with Crippen molar-refractivity contribution in [3.63, 3.8) is 0 Å². The molecule has 2 atom stereocenters. The van der Waals surface area contributed by atoms with E-state index >= 15 is 0 Å². The average molecular weight is 543 g/mol. The summed E-state index contributed by atoms with van der Waals surface area (Å²) in [5, 5.41) is 14.5. The number of carboxylic acids is 1. The molecule has 2 fully saturated rings. The van der Waals surface area contributed by atoms with Gasteiger partial charge in [-0.2, -0.15) is 0 Å². The van der Waals surface area contributed by atoms with Gasteiger partial charge in [0.1, 0.15) is 18.1 Å². The molecule has 2 saturated heterocycles. The van der Waals surface area contributed by atoms with Gasteiger partial charge in [-0.1, -0.05) is 45.8 Å². The third-order valence-corrected chi connectivity index (χ3v) is 6.65. The molecule has 3 N–H and O–H groups in total. The first kappa shape index (κ1) is 24.4. The Kier molecular flexibility index (Phi) is 6.37. The van der Waals surface area contributed by atoms with E-state index in [2.05, 4.69) is 26.6 Å². The molecule has 0 radical (unpaired) electrons. The van der Waals surface area contributed by atoms with Crippen molar-refractivity contribution in [1.82, 2.24) is 15.5 Å². The molecule has 2 aromatic carbocycles. The van der Waals surface area contributed by atoms with Crippen LogP contribution in [0.4, 0.5) is 10.5 Å². The van der Waals surface area contributed by atoms with Gasteiger partial charge >= 0.3 is 12.0 Å². The van der Waals surface area contributed by atoms with Gasteiger partial charge in [-0.15, -0.1) is 0 Å². The van der Waals surface area contributed by atoms with E-state index in [0.717, 1.165) is 10.5 Å². The second-order valence-corrected chi connectivity index (χ2v) is 9.63. The van der Waals surface area contributed by atoms with Crippen LogP contribution in [-0.4, -0.2) is 58.9 Å². The van der Waals surface area contributed by atoms with Crippen LogP contribution < -0.4 is 15.5 Å². The van der Waals surface area contributed by atoms with Crippen LogP contribution >= 0.6 is 15.9 Å². The maximum absolute atomic E-state index is 13.1. The zero-order valence-corrected chi connectivity index (χ0v) is 20.6. The topological polar surface area (TPSA) is 136 Å². The molecule has 0 aliphatic carbocycles. The minimum atomic E-state index is -1.30. The van der Waals surface area contributed by atoms with Crippen LogP contribution in [0, 0.1) is 6.92 Å². The Balaban J connectivity index is 1.42. The van der Waals surface area contributed by atoms with Gasteiger partial charge in [0.2, 0.25) is 11.8 Å². The standard InChI is InChI=1S/C24H23BrN4O6/c1-13-3-5-15(6-4-13)24(2)22(34)29(23(35)27-24)12-19(30)26-18-7-8-28(20(18)31)17-10-14(21(32)33)9-16(25)11-17/h3-6,9-11,18H,7-8,12H2,1-2H3,(H,26,30)(H,27,35)(H,32,33). The number of halogens is 1. The van der Waals surface area contributed by atoms with Gasteiger partial charge in [0.25, 0.3) is 5.91 Å². The van der Waals surface area contributed by atoms with E-state index in [1.54, 1.807) is 25.1 Å². The molecule has 0 bridgehead atoms. The lowest BCUT2D eigenvalue weighted by Crippen LogP contribution is -2.47. The van der Waals surface area contributed by atoms with Gasteiger partial charge in [0, 0.05) is 16.7 Å². The maximum Gasteiger partial charge on any atom is 0.335 e. The van der Waals surface area contributed by atoms with Crippen molar-refractivity contribution in [1.29, 1.82) is 0 Å². The molecule has 11 heteroatoms. The Morgan fingerprint density at radius 1 is 1.17 bits per heavy atom. The summed E-state index contributed by atoms with van der Waals surface area (Å²) in [6, 6.07) is 10.0. The molecule has 5 amide bonds. The number of urea groups is 1. The van der Waals surface area contributed by atoms with Crippen LogP contribution in [0.1, 0.15) is 34.8 Å². The largest absolute Gasteiger partial charge is 0.478 e. The van der Waals surface area contributed by atoms with Crippen molar-refractivity contribution >= 4 is 51.3 Å². The number of anilines is 1. The Labute approximate surface area is 209 Å². The van der Waals surface area contributed by atoms with Crippen LogP contribution in [0.5, 0.6) is 0 Å². The van der Waals surface area contributed by atoms with E-state index in [1.165, 1.54) is 17.0 Å². The van der Waals surface area contributed by atoms with E-state index in [9.17, 15) is 29.1 Å². The highest BCUT2D eigenvalue weighted by Crippen LogP contribution is 2.29. The maximum atomic E-state index is 13.1. The average Bonchev–Trinajstić information content (AvgIpc) is 3.26. The van der Waals surface area contributed by atoms with E-state index in [4.69, 9.17) is 0 Å². The van der Waals surface area contributed by atoms with E-state index in [1.807, 2.05) is 19.1 Å². The molecule has 2 aliphatic heterocycles. The summed E-state index contributed by atoms with van der Waals surface area (Å²) < 4.78 is 0.503. The number of nitrogens with zero attached hydrogens (tertiary/aromatic N) is 2. The summed E-state index contributed by atoms with van der Waals surface area (Å²) in [4.78, 5) is 64.7. The molecule has 2 heterocycles. The lowest BCUT2D eigenvalue weighted by atomic mass is 9.91. The van der Waals surface area contributed by atoms with Crippen molar-refractivity contribution in [3.8, 4) is 0 Å². The first-order valence-corrected chi connectivity index (χ1v) is 11.6. The lowest BCUT2D eigenvalue weighted by molar-refractivity contribution is -0.135. The molecular formula is C24H23BrN4O6. The quantitative estimate of drug-likeness (QED) is 0.478. The Bertz CT molecular complexity index is 1250. The number of nitrogens with one attached hydrogen (secondary N) is 2. The number of aryl methyl sites for hydroxylation is 1. The fraction of sp³-hybridized carbons (Fsp3) is 0.292. The summed E-state index contributed by atoms with van der Waals surface area (Å²) in [7, 11) is 0. The fourth-order valence-corrected chi connectivity index (χ4v) is 4.71. The third-order valence-electron chi connectivity index (χ3n) is 6.19. The van der Waals surface area contributed by atoms with Crippen LogP contribution in [0.25, 0.3) is 0 Å². The number of aromatic carboxylic acids is 1. The zero-order valence-electron chi connectivity index (χ0n) is 19.0. The number of rotatable bonds is 6. The summed E-state index contributed by atoms with van der Waals surface area (Å²) in [6.45, 7) is 3.23. The summed E-state index contributed by atoms with van der Waals surface area (Å²) in [5.74, 6) is -2.75. The molecule has 0 saturated carbocycles. The molecule has 2 unspecified atom stereocenters. The second kappa shape index (κ2) is 9.14. The summed E-state index contributed by atoms with van der Waals surface area (Å²) in [5.41, 5.74) is 0.711. The molecule has 0 aromatic heterocycles. The molecule has 2 aromatic rings. The van der Waals surface area contributed by atoms with Crippen molar-refractivity contribution < 1.29 is 29.1 Å². The summed E-state index contributed by atoms with van der Waals surface area (Å²) in [6.07, 6.45) is 0.292. The van der Waals surface area contributed by atoms with Gasteiger partial charge < -0.3 is 20.6 Å². The van der Waals surface area contributed by atoms with Crippen LogP contribution in [0.3, 0.4) is 0 Å². The van der Waals surface area contributed by atoms with Crippen LogP contribution in [-0.2, 0) is 19.9 Å². The van der Waals surface area contributed by atoms with Crippen molar-refractivity contribution in [2.45, 2.75) is 31.8 Å². The number of imide groups is 1. The van der Waals surface area contributed by atoms with E-state index in [-0.39, 0.29) is 12.1 Å². The third kappa shape index (κ3) is 4.63. The molecule has 2 aliphatic rings. The van der Waals surface area contributed by atoms with E-state index in [0.29, 0.717) is 22.1 Å².